The average Bonchev–Trinajstić information content (AvgIpc) is 2.48. The Morgan fingerprint density at radius 1 is 1.43 bits per heavy atom. The van der Waals surface area contributed by atoms with Gasteiger partial charge < -0.3 is 10.2 Å². The quantitative estimate of drug-likeness (QED) is 0.875. The van der Waals surface area contributed by atoms with Crippen LogP contribution < -0.4 is 5.32 Å². The molecule has 21 heavy (non-hydrogen) atoms. The third-order valence-corrected chi connectivity index (χ3v) is 3.99. The minimum Gasteiger partial charge on any atom is -0.322 e. The first-order valence-corrected chi connectivity index (χ1v) is 7.81. The van der Waals surface area contributed by atoms with E-state index in [1.165, 1.54) is 4.90 Å². The Labute approximate surface area is 132 Å². The van der Waals surface area contributed by atoms with Crippen LogP contribution in [0.3, 0.4) is 0 Å². The number of carbonyl (C=O) groups is 1. The Bertz CT molecular complexity index is 624. The molecule has 5 nitrogen and oxygen atoms in total. The van der Waals surface area contributed by atoms with Crippen LogP contribution in [0.4, 0.5) is 10.5 Å². The molecule has 0 aliphatic rings. The zero-order chi connectivity index (χ0) is 15.2. The van der Waals surface area contributed by atoms with Gasteiger partial charge in [0.1, 0.15) is 0 Å². The monoisotopic (exact) mass is 322 g/mol. The van der Waals surface area contributed by atoms with Gasteiger partial charge in [-0.25, -0.2) is 4.79 Å². The Hall–Kier alpha value is -1.79. The summed E-state index contributed by atoms with van der Waals surface area (Å²) in [5, 5.41) is 3.42. The second-order valence-corrected chi connectivity index (χ2v) is 5.59. The van der Waals surface area contributed by atoms with E-state index in [0.717, 1.165) is 10.6 Å². The van der Waals surface area contributed by atoms with E-state index in [1.807, 2.05) is 18.4 Å². The van der Waals surface area contributed by atoms with Crippen molar-refractivity contribution in [3.05, 3.63) is 47.5 Å². The van der Waals surface area contributed by atoms with Crippen LogP contribution in [0.1, 0.15) is 5.69 Å². The molecule has 0 fully saturated rings. The Morgan fingerprint density at radius 3 is 2.86 bits per heavy atom. The van der Waals surface area contributed by atoms with Gasteiger partial charge >= 0.3 is 6.03 Å². The number of anilines is 1. The van der Waals surface area contributed by atoms with Crippen molar-refractivity contribution in [1.29, 1.82) is 0 Å². The maximum atomic E-state index is 12.1. The Kier molecular flexibility index (Phi) is 5.41. The fourth-order valence-electron chi connectivity index (χ4n) is 1.69. The molecule has 1 N–H and O–H groups in total. The molecule has 0 bridgehead atoms. The second-order valence-electron chi connectivity index (χ2n) is 4.33. The number of aromatic nitrogens is 2. The van der Waals surface area contributed by atoms with Crippen LogP contribution in [-0.4, -0.2) is 34.2 Å². The van der Waals surface area contributed by atoms with Crippen molar-refractivity contribution in [3.8, 4) is 0 Å². The first kappa shape index (κ1) is 15.6. The summed E-state index contributed by atoms with van der Waals surface area (Å²) in [6.07, 6.45) is 6.78. The second kappa shape index (κ2) is 7.28. The van der Waals surface area contributed by atoms with Crippen molar-refractivity contribution in [1.82, 2.24) is 14.9 Å². The van der Waals surface area contributed by atoms with Gasteiger partial charge in [-0.15, -0.1) is 11.8 Å². The maximum absolute atomic E-state index is 12.1. The molecule has 0 saturated carbocycles. The van der Waals surface area contributed by atoms with Crippen molar-refractivity contribution in [2.45, 2.75) is 11.4 Å². The normalized spacial score (nSPS) is 10.2. The molecule has 1 heterocycles. The van der Waals surface area contributed by atoms with E-state index in [-0.39, 0.29) is 6.03 Å². The van der Waals surface area contributed by atoms with Crippen LogP contribution in [0, 0.1) is 0 Å². The standard InChI is InChI=1S/C14H15ClN4OS/c1-19(9-11-8-16-5-6-17-11)14(20)18-10-3-4-13(21-2)12(15)7-10/h3-8H,9H2,1-2H3,(H,18,20). The highest BCUT2D eigenvalue weighted by molar-refractivity contribution is 7.98. The fourth-order valence-corrected chi connectivity index (χ4v) is 2.56. The number of hydrogen-bond acceptors (Lipinski definition) is 4. The predicted octanol–water partition coefficient (Wildman–Crippen LogP) is 3.52. The summed E-state index contributed by atoms with van der Waals surface area (Å²) >= 11 is 7.68. The maximum Gasteiger partial charge on any atom is 0.321 e. The predicted molar refractivity (Wildman–Crippen MR) is 85.8 cm³/mol. The molecule has 0 saturated heterocycles. The molecule has 2 amide bonds. The van der Waals surface area contributed by atoms with Crippen molar-refractivity contribution in [3.63, 3.8) is 0 Å². The lowest BCUT2D eigenvalue weighted by atomic mass is 10.3. The Morgan fingerprint density at radius 2 is 2.24 bits per heavy atom. The molecule has 1 aromatic carbocycles. The first-order chi connectivity index (χ1) is 10.1. The van der Waals surface area contributed by atoms with Crippen LogP contribution in [-0.2, 0) is 6.54 Å². The topological polar surface area (TPSA) is 58.1 Å². The summed E-state index contributed by atoms with van der Waals surface area (Å²) in [4.78, 5) is 22.7. The number of benzene rings is 1. The van der Waals surface area contributed by atoms with Gasteiger partial charge in [-0.05, 0) is 24.5 Å². The minimum absolute atomic E-state index is 0.228. The fraction of sp³-hybridized carbons (Fsp3) is 0.214. The van der Waals surface area contributed by atoms with Gasteiger partial charge in [0.05, 0.1) is 23.5 Å². The van der Waals surface area contributed by atoms with E-state index < -0.39 is 0 Å². The van der Waals surface area contributed by atoms with Gasteiger partial charge in [0.25, 0.3) is 0 Å². The van der Waals surface area contributed by atoms with Gasteiger partial charge in [-0.3, -0.25) is 9.97 Å². The molecule has 0 spiro atoms. The van der Waals surface area contributed by atoms with E-state index in [9.17, 15) is 4.79 Å². The lowest BCUT2D eigenvalue weighted by Gasteiger charge is -2.17. The number of rotatable bonds is 4. The molecule has 0 aliphatic heterocycles. The SMILES string of the molecule is CSc1ccc(NC(=O)N(C)Cc2cnccn2)cc1Cl. The zero-order valence-electron chi connectivity index (χ0n) is 11.7. The molecular weight excluding hydrogens is 308 g/mol. The van der Waals surface area contributed by atoms with Crippen molar-refractivity contribution in [2.75, 3.05) is 18.6 Å². The molecular formula is C14H15ClN4OS. The average molecular weight is 323 g/mol. The highest BCUT2D eigenvalue weighted by atomic mass is 35.5. The van der Waals surface area contributed by atoms with Crippen LogP contribution in [0.15, 0.2) is 41.7 Å². The largest absolute Gasteiger partial charge is 0.322 e. The van der Waals surface area contributed by atoms with Gasteiger partial charge in [-0.1, -0.05) is 11.6 Å². The van der Waals surface area contributed by atoms with Crippen LogP contribution >= 0.6 is 23.4 Å². The number of hydrogen-bond donors (Lipinski definition) is 1. The minimum atomic E-state index is -0.228. The van der Waals surface area contributed by atoms with Crippen LogP contribution in [0.5, 0.6) is 0 Å². The van der Waals surface area contributed by atoms with E-state index >= 15 is 0 Å². The van der Waals surface area contributed by atoms with Gasteiger partial charge in [0.2, 0.25) is 0 Å². The summed E-state index contributed by atoms with van der Waals surface area (Å²) in [5.74, 6) is 0. The van der Waals surface area contributed by atoms with Crippen LogP contribution in [0.2, 0.25) is 5.02 Å². The number of nitrogens with one attached hydrogen (secondary N) is 1. The number of nitrogens with zero attached hydrogens (tertiary/aromatic N) is 3. The van der Waals surface area contributed by atoms with Gasteiger partial charge in [0, 0.05) is 30.0 Å². The highest BCUT2D eigenvalue weighted by Gasteiger charge is 2.11. The van der Waals surface area contributed by atoms with E-state index in [0.29, 0.717) is 17.3 Å². The van der Waals surface area contributed by atoms with Gasteiger partial charge in [0.15, 0.2) is 0 Å². The molecule has 0 aliphatic carbocycles. The lowest BCUT2D eigenvalue weighted by molar-refractivity contribution is 0.220. The molecule has 0 radical (unpaired) electrons. The van der Waals surface area contributed by atoms with Gasteiger partial charge in [-0.2, -0.15) is 0 Å². The summed E-state index contributed by atoms with van der Waals surface area (Å²) in [6.45, 7) is 0.385. The Balaban J connectivity index is 1.99. The highest BCUT2D eigenvalue weighted by Crippen LogP contribution is 2.28. The van der Waals surface area contributed by atoms with Crippen molar-refractivity contribution in [2.24, 2.45) is 0 Å². The number of urea groups is 1. The third kappa shape index (κ3) is 4.34. The summed E-state index contributed by atoms with van der Waals surface area (Å²) in [6, 6.07) is 5.21. The van der Waals surface area contributed by atoms with Crippen molar-refractivity contribution >= 4 is 35.1 Å². The van der Waals surface area contributed by atoms with E-state index in [1.54, 1.807) is 43.5 Å². The molecule has 0 atom stereocenters. The number of carbonyl (C=O) groups excluding carboxylic acids is 1. The third-order valence-electron chi connectivity index (χ3n) is 2.77. The molecule has 2 rings (SSSR count). The van der Waals surface area contributed by atoms with E-state index in [2.05, 4.69) is 15.3 Å². The molecule has 1 aromatic heterocycles. The van der Waals surface area contributed by atoms with E-state index in [4.69, 9.17) is 11.6 Å². The summed E-state index contributed by atoms with van der Waals surface area (Å²) < 4.78 is 0. The molecule has 2 aromatic rings. The number of thioether (sulfide) groups is 1. The smallest absolute Gasteiger partial charge is 0.321 e. The number of halogens is 1. The summed E-state index contributed by atoms with van der Waals surface area (Å²) in [5.41, 5.74) is 1.39. The number of amides is 2. The molecule has 7 heteroatoms. The first-order valence-electron chi connectivity index (χ1n) is 6.20. The zero-order valence-corrected chi connectivity index (χ0v) is 13.3. The van der Waals surface area contributed by atoms with Crippen molar-refractivity contribution < 1.29 is 4.79 Å². The molecule has 0 unspecified atom stereocenters. The lowest BCUT2D eigenvalue weighted by Crippen LogP contribution is -2.31. The van der Waals surface area contributed by atoms with Crippen LogP contribution in [0.25, 0.3) is 0 Å². The summed E-state index contributed by atoms with van der Waals surface area (Å²) in [7, 11) is 1.70. The molecule has 110 valence electrons.